The molecule has 0 aliphatic carbocycles. The number of halogens is 1. The van der Waals surface area contributed by atoms with Crippen LogP contribution in [-0.4, -0.2) is 21.8 Å². The fourth-order valence-electron chi connectivity index (χ4n) is 3.76. The summed E-state index contributed by atoms with van der Waals surface area (Å²) in [7, 11) is 0. The summed E-state index contributed by atoms with van der Waals surface area (Å²) in [5.74, 6) is -1.48. The summed E-state index contributed by atoms with van der Waals surface area (Å²) in [4.78, 5) is 31.9. The van der Waals surface area contributed by atoms with Crippen molar-refractivity contribution in [1.29, 1.82) is 0 Å². The first kappa shape index (κ1) is 20.1. The molecule has 3 heterocycles. The summed E-state index contributed by atoms with van der Waals surface area (Å²) in [6, 6.07) is 13.5. The Balaban J connectivity index is 1.72. The van der Waals surface area contributed by atoms with Crippen molar-refractivity contribution in [2.75, 3.05) is 4.90 Å². The normalized spacial score (nSPS) is 18.1. The van der Waals surface area contributed by atoms with E-state index in [1.165, 1.54) is 23.1 Å². The van der Waals surface area contributed by atoms with E-state index in [1.807, 2.05) is 6.92 Å². The van der Waals surface area contributed by atoms with E-state index < -0.39 is 23.5 Å². The Bertz CT molecular complexity index is 1420. The molecule has 8 heteroatoms. The Hall–Kier alpha value is -3.78. The van der Waals surface area contributed by atoms with E-state index in [2.05, 4.69) is 4.98 Å². The molecule has 1 amide bonds. The number of aliphatic hydroxyl groups is 1. The van der Waals surface area contributed by atoms with Crippen molar-refractivity contribution in [2.45, 2.75) is 19.9 Å². The average Bonchev–Trinajstić information content (AvgIpc) is 3.44. The monoisotopic (exact) mass is 448 g/mol. The molecule has 1 aliphatic rings. The minimum Gasteiger partial charge on any atom is -0.507 e. The summed E-state index contributed by atoms with van der Waals surface area (Å²) in [6.07, 6.45) is 0. The van der Waals surface area contributed by atoms with Gasteiger partial charge in [-0.05, 0) is 44.2 Å². The second-order valence-corrected chi connectivity index (χ2v) is 8.60. The molecule has 32 heavy (non-hydrogen) atoms. The topological polar surface area (TPSA) is 83.6 Å². The average molecular weight is 448 g/mol. The summed E-state index contributed by atoms with van der Waals surface area (Å²) in [6.45, 7) is 3.65. The molecule has 0 radical (unpaired) electrons. The highest BCUT2D eigenvalue weighted by atomic mass is 32.1. The number of carbonyl (C=O) groups excluding carboxylic acids is 2. The molecular weight excluding hydrogens is 431 g/mol. The van der Waals surface area contributed by atoms with Gasteiger partial charge in [-0.25, -0.2) is 9.37 Å². The van der Waals surface area contributed by atoms with Crippen molar-refractivity contribution in [1.82, 2.24) is 4.98 Å². The largest absolute Gasteiger partial charge is 0.507 e. The maximum absolute atomic E-state index is 13.7. The number of amides is 1. The molecule has 0 saturated carbocycles. The molecule has 0 bridgehead atoms. The minimum atomic E-state index is -1.00. The number of ketones is 1. The molecular formula is C24H17FN2O4S. The second-order valence-electron chi connectivity index (χ2n) is 7.59. The predicted molar refractivity (Wildman–Crippen MR) is 119 cm³/mol. The summed E-state index contributed by atoms with van der Waals surface area (Å²) in [5, 5.41) is 11.3. The third kappa shape index (κ3) is 3.20. The van der Waals surface area contributed by atoms with E-state index in [0.29, 0.717) is 27.3 Å². The Labute approximate surface area is 186 Å². The van der Waals surface area contributed by atoms with Crippen molar-refractivity contribution >= 4 is 44.1 Å². The Morgan fingerprint density at radius 1 is 1.09 bits per heavy atom. The minimum absolute atomic E-state index is 0.0846. The highest BCUT2D eigenvalue weighted by molar-refractivity contribution is 7.22. The van der Waals surface area contributed by atoms with Gasteiger partial charge < -0.3 is 9.52 Å². The molecule has 160 valence electrons. The van der Waals surface area contributed by atoms with E-state index in [1.54, 1.807) is 43.3 Å². The lowest BCUT2D eigenvalue weighted by atomic mass is 9.99. The molecule has 1 N–H and O–H groups in total. The third-order valence-electron chi connectivity index (χ3n) is 5.35. The molecule has 0 spiro atoms. The number of furan rings is 1. The number of nitrogens with zero attached hydrogens (tertiary/aromatic N) is 2. The van der Waals surface area contributed by atoms with Gasteiger partial charge in [0.2, 0.25) is 0 Å². The Kier molecular flexibility index (Phi) is 4.67. The third-order valence-corrected chi connectivity index (χ3v) is 6.36. The second kappa shape index (κ2) is 7.42. The fraction of sp³-hybridized carbons (Fsp3) is 0.125. The van der Waals surface area contributed by atoms with Crippen LogP contribution in [0.15, 0.2) is 64.6 Å². The zero-order valence-electron chi connectivity index (χ0n) is 17.1. The van der Waals surface area contributed by atoms with Crippen molar-refractivity contribution in [3.8, 4) is 0 Å². The number of benzene rings is 2. The quantitative estimate of drug-likeness (QED) is 0.262. The zero-order valence-corrected chi connectivity index (χ0v) is 17.9. The van der Waals surface area contributed by atoms with Crippen LogP contribution in [0.2, 0.25) is 0 Å². The van der Waals surface area contributed by atoms with Gasteiger partial charge in [-0.2, -0.15) is 0 Å². The highest BCUT2D eigenvalue weighted by Crippen LogP contribution is 2.44. The van der Waals surface area contributed by atoms with E-state index in [4.69, 9.17) is 4.42 Å². The van der Waals surface area contributed by atoms with Crippen LogP contribution in [0.1, 0.15) is 28.7 Å². The fourth-order valence-corrected chi connectivity index (χ4v) is 4.77. The van der Waals surface area contributed by atoms with E-state index in [-0.39, 0.29) is 16.5 Å². The van der Waals surface area contributed by atoms with Gasteiger partial charge in [-0.15, -0.1) is 0 Å². The van der Waals surface area contributed by atoms with Gasteiger partial charge in [-0.1, -0.05) is 41.2 Å². The SMILES string of the molecule is Cc1ccc(/C(O)=C2\C(=O)C(=O)N(c3nc4ccc(F)cc4s3)C2c2ccc(C)o2)cc1. The van der Waals surface area contributed by atoms with Crippen molar-refractivity contribution in [3.05, 3.63) is 88.6 Å². The van der Waals surface area contributed by atoms with E-state index in [0.717, 1.165) is 16.9 Å². The van der Waals surface area contributed by atoms with Crippen LogP contribution in [0, 0.1) is 19.7 Å². The number of fused-ring (bicyclic) bond motifs is 1. The number of carbonyl (C=O) groups is 2. The van der Waals surface area contributed by atoms with Gasteiger partial charge in [0.15, 0.2) is 5.13 Å². The first-order chi connectivity index (χ1) is 15.3. The summed E-state index contributed by atoms with van der Waals surface area (Å²) >= 11 is 1.09. The predicted octanol–water partition coefficient (Wildman–Crippen LogP) is 5.27. The first-order valence-corrected chi connectivity index (χ1v) is 10.7. The molecule has 5 rings (SSSR count). The molecule has 6 nitrogen and oxygen atoms in total. The van der Waals surface area contributed by atoms with Crippen molar-refractivity contribution < 1.29 is 23.5 Å². The number of aliphatic hydroxyl groups excluding tert-OH is 1. The molecule has 2 aromatic carbocycles. The van der Waals surface area contributed by atoms with Crippen LogP contribution in [0.4, 0.5) is 9.52 Å². The van der Waals surface area contributed by atoms with Crippen LogP contribution in [-0.2, 0) is 9.59 Å². The molecule has 1 fully saturated rings. The number of aromatic nitrogens is 1. The van der Waals surface area contributed by atoms with Gasteiger partial charge in [-0.3, -0.25) is 14.5 Å². The maximum Gasteiger partial charge on any atom is 0.302 e. The van der Waals surface area contributed by atoms with E-state index in [9.17, 15) is 19.1 Å². The number of anilines is 1. The lowest BCUT2D eigenvalue weighted by molar-refractivity contribution is -0.132. The summed E-state index contributed by atoms with van der Waals surface area (Å²) < 4.78 is 20.0. The van der Waals surface area contributed by atoms with Gasteiger partial charge >= 0.3 is 5.91 Å². The molecule has 4 aromatic rings. The molecule has 1 unspecified atom stereocenters. The number of hydrogen-bond acceptors (Lipinski definition) is 6. The van der Waals surface area contributed by atoms with Crippen LogP contribution in [0.3, 0.4) is 0 Å². The Morgan fingerprint density at radius 3 is 2.53 bits per heavy atom. The van der Waals surface area contributed by atoms with Crippen molar-refractivity contribution in [2.24, 2.45) is 0 Å². The van der Waals surface area contributed by atoms with Crippen LogP contribution in [0.5, 0.6) is 0 Å². The molecule has 2 aromatic heterocycles. The molecule has 1 atom stereocenters. The number of thiazole rings is 1. The van der Waals surface area contributed by atoms with Crippen LogP contribution < -0.4 is 4.90 Å². The summed E-state index contributed by atoms with van der Waals surface area (Å²) in [5.41, 5.74) is 1.81. The van der Waals surface area contributed by atoms with Gasteiger partial charge in [0.25, 0.3) is 5.78 Å². The molecule has 1 aliphatic heterocycles. The smallest absolute Gasteiger partial charge is 0.302 e. The standard InChI is InChI=1S/C24H17FN2O4S/c1-12-3-6-14(7-4-12)21(28)19-20(17-10-5-13(2)31-17)27(23(30)22(19)29)24-26-16-9-8-15(25)11-18(16)32-24/h3-11,20,28H,1-2H3/b21-19+. The molecule has 1 saturated heterocycles. The lowest BCUT2D eigenvalue weighted by Gasteiger charge is -2.20. The van der Waals surface area contributed by atoms with Crippen LogP contribution >= 0.6 is 11.3 Å². The van der Waals surface area contributed by atoms with Crippen molar-refractivity contribution in [3.63, 3.8) is 0 Å². The van der Waals surface area contributed by atoms with Gasteiger partial charge in [0.1, 0.15) is 29.1 Å². The highest BCUT2D eigenvalue weighted by Gasteiger charge is 2.49. The Morgan fingerprint density at radius 2 is 1.84 bits per heavy atom. The number of Topliss-reactive ketones (excluding diaryl/α,β-unsaturated/α-hetero) is 1. The first-order valence-electron chi connectivity index (χ1n) is 9.84. The maximum atomic E-state index is 13.7. The number of aryl methyl sites for hydroxylation is 2. The van der Waals surface area contributed by atoms with E-state index >= 15 is 0 Å². The van der Waals surface area contributed by atoms with Gasteiger partial charge in [0, 0.05) is 5.56 Å². The number of hydrogen-bond donors (Lipinski definition) is 1. The zero-order chi connectivity index (χ0) is 22.6. The number of rotatable bonds is 3. The lowest BCUT2D eigenvalue weighted by Crippen LogP contribution is -2.29. The van der Waals surface area contributed by atoms with Gasteiger partial charge in [0.05, 0.1) is 15.8 Å². The van der Waals surface area contributed by atoms with Crippen LogP contribution in [0.25, 0.3) is 16.0 Å².